The third-order valence-electron chi connectivity index (χ3n) is 3.96. The monoisotopic (exact) mass is 427 g/mol. The van der Waals surface area contributed by atoms with Gasteiger partial charge in [0.05, 0.1) is 37.7 Å². The van der Waals surface area contributed by atoms with Crippen LogP contribution in [0.1, 0.15) is 16.1 Å². The number of carbonyl (C=O) groups excluding carboxylic acids is 1. The summed E-state index contributed by atoms with van der Waals surface area (Å²) in [5, 5.41) is 2.87. The molecule has 0 saturated heterocycles. The van der Waals surface area contributed by atoms with Gasteiger partial charge >= 0.3 is 0 Å². The van der Waals surface area contributed by atoms with E-state index < -0.39 is 0 Å². The molecule has 2 aromatic carbocycles. The number of methoxy groups -OCH3 is 2. The van der Waals surface area contributed by atoms with Gasteiger partial charge in [-0.3, -0.25) is 4.79 Å². The summed E-state index contributed by atoms with van der Waals surface area (Å²) in [6, 6.07) is 14.7. The molecule has 27 heavy (non-hydrogen) atoms. The number of halogens is 1. The van der Waals surface area contributed by atoms with Crippen molar-refractivity contribution in [1.82, 2.24) is 15.3 Å². The fourth-order valence-corrected chi connectivity index (χ4v) is 2.91. The Labute approximate surface area is 165 Å². The number of aromatic nitrogens is 2. The summed E-state index contributed by atoms with van der Waals surface area (Å²) in [5.41, 5.74) is 2.93. The predicted octanol–water partition coefficient (Wildman–Crippen LogP) is 3.85. The maximum atomic E-state index is 12.5. The summed E-state index contributed by atoms with van der Waals surface area (Å²) < 4.78 is 11.0. The van der Waals surface area contributed by atoms with E-state index in [4.69, 9.17) is 9.47 Å². The third kappa shape index (κ3) is 4.62. The Bertz CT molecular complexity index is 945. The van der Waals surface area contributed by atoms with Crippen LogP contribution in [0.2, 0.25) is 0 Å². The minimum atomic E-state index is -0.217. The SMILES string of the molecule is COc1ccc(-c2cc(CNC(=O)c3cc(OC)ccc3Br)ncn2)cc1. The molecule has 3 rings (SSSR count). The zero-order valence-corrected chi connectivity index (χ0v) is 16.5. The first-order valence-corrected chi connectivity index (χ1v) is 8.97. The topological polar surface area (TPSA) is 73.3 Å². The molecule has 138 valence electrons. The van der Waals surface area contributed by atoms with Crippen molar-refractivity contribution in [2.75, 3.05) is 14.2 Å². The molecule has 0 radical (unpaired) electrons. The second-order valence-corrected chi connectivity index (χ2v) is 6.51. The fraction of sp³-hybridized carbons (Fsp3) is 0.150. The lowest BCUT2D eigenvalue weighted by Crippen LogP contribution is -2.23. The van der Waals surface area contributed by atoms with E-state index in [2.05, 4.69) is 31.2 Å². The van der Waals surface area contributed by atoms with Crippen molar-refractivity contribution >= 4 is 21.8 Å². The Morgan fingerprint density at radius 1 is 1.00 bits per heavy atom. The van der Waals surface area contributed by atoms with Gasteiger partial charge in [-0.25, -0.2) is 9.97 Å². The molecule has 0 unspecified atom stereocenters. The number of nitrogens with one attached hydrogen (secondary N) is 1. The molecular weight excluding hydrogens is 410 g/mol. The lowest BCUT2D eigenvalue weighted by Gasteiger charge is -2.09. The van der Waals surface area contributed by atoms with Crippen LogP contribution in [-0.2, 0) is 6.54 Å². The van der Waals surface area contributed by atoms with Crippen molar-refractivity contribution in [1.29, 1.82) is 0 Å². The van der Waals surface area contributed by atoms with E-state index in [1.807, 2.05) is 30.3 Å². The normalized spacial score (nSPS) is 10.3. The second-order valence-electron chi connectivity index (χ2n) is 5.65. The summed E-state index contributed by atoms with van der Waals surface area (Å²) in [6.07, 6.45) is 1.49. The highest BCUT2D eigenvalue weighted by Crippen LogP contribution is 2.23. The van der Waals surface area contributed by atoms with Crippen LogP contribution in [-0.4, -0.2) is 30.1 Å². The summed E-state index contributed by atoms with van der Waals surface area (Å²) >= 11 is 3.39. The zero-order chi connectivity index (χ0) is 19.2. The van der Waals surface area contributed by atoms with Gasteiger partial charge in [-0.05, 0) is 64.5 Å². The molecule has 6 nitrogen and oxygen atoms in total. The number of amides is 1. The van der Waals surface area contributed by atoms with Crippen molar-refractivity contribution in [3.8, 4) is 22.8 Å². The predicted molar refractivity (Wildman–Crippen MR) is 106 cm³/mol. The maximum Gasteiger partial charge on any atom is 0.252 e. The number of nitrogens with zero attached hydrogens (tertiary/aromatic N) is 2. The molecule has 0 bridgehead atoms. The Hall–Kier alpha value is -2.93. The smallest absolute Gasteiger partial charge is 0.252 e. The molecule has 3 aromatic rings. The summed E-state index contributed by atoms with van der Waals surface area (Å²) in [7, 11) is 3.19. The van der Waals surface area contributed by atoms with Crippen LogP contribution < -0.4 is 14.8 Å². The quantitative estimate of drug-likeness (QED) is 0.646. The lowest BCUT2D eigenvalue weighted by atomic mass is 10.1. The van der Waals surface area contributed by atoms with Gasteiger partial charge in [0.1, 0.15) is 17.8 Å². The molecule has 0 spiro atoms. The molecule has 0 fully saturated rings. The number of hydrogen-bond acceptors (Lipinski definition) is 5. The summed E-state index contributed by atoms with van der Waals surface area (Å²) in [4.78, 5) is 21.0. The van der Waals surface area contributed by atoms with E-state index in [1.165, 1.54) is 6.33 Å². The number of benzene rings is 2. The largest absolute Gasteiger partial charge is 0.497 e. The maximum absolute atomic E-state index is 12.5. The van der Waals surface area contributed by atoms with Gasteiger partial charge in [0.2, 0.25) is 0 Å². The van der Waals surface area contributed by atoms with Crippen LogP contribution in [0.25, 0.3) is 11.3 Å². The standard InChI is InChI=1S/C20H18BrN3O3/c1-26-15-5-3-13(4-6-15)19-9-14(23-12-24-19)11-22-20(25)17-10-16(27-2)7-8-18(17)21/h3-10,12H,11H2,1-2H3,(H,22,25). The van der Waals surface area contributed by atoms with Crippen LogP contribution in [0, 0.1) is 0 Å². The van der Waals surface area contributed by atoms with Crippen LogP contribution in [0.4, 0.5) is 0 Å². The second kappa shape index (κ2) is 8.64. The van der Waals surface area contributed by atoms with Crippen LogP contribution in [0.15, 0.2) is 59.3 Å². The molecule has 0 atom stereocenters. The Balaban J connectivity index is 1.72. The first-order chi connectivity index (χ1) is 13.1. The highest BCUT2D eigenvalue weighted by Gasteiger charge is 2.12. The van der Waals surface area contributed by atoms with E-state index in [9.17, 15) is 4.79 Å². The zero-order valence-electron chi connectivity index (χ0n) is 14.9. The Kier molecular flexibility index (Phi) is 6.03. The molecule has 0 aliphatic carbocycles. The first-order valence-electron chi connectivity index (χ1n) is 8.18. The number of rotatable bonds is 6. The summed E-state index contributed by atoms with van der Waals surface area (Å²) in [6.45, 7) is 0.286. The van der Waals surface area contributed by atoms with Crippen molar-refractivity contribution in [3.05, 3.63) is 70.6 Å². The molecule has 1 amide bonds. The highest BCUT2D eigenvalue weighted by atomic mass is 79.9. The molecule has 1 aromatic heterocycles. The molecular formula is C20H18BrN3O3. The van der Waals surface area contributed by atoms with Gasteiger partial charge in [0.15, 0.2) is 0 Å². The van der Waals surface area contributed by atoms with Gasteiger partial charge < -0.3 is 14.8 Å². The van der Waals surface area contributed by atoms with Crippen molar-refractivity contribution < 1.29 is 14.3 Å². The molecule has 0 aliphatic rings. The van der Waals surface area contributed by atoms with E-state index in [0.717, 1.165) is 17.0 Å². The van der Waals surface area contributed by atoms with Gasteiger partial charge in [0.25, 0.3) is 5.91 Å². The Morgan fingerprint density at radius 2 is 1.70 bits per heavy atom. The van der Waals surface area contributed by atoms with Crippen molar-refractivity contribution in [2.45, 2.75) is 6.54 Å². The number of ether oxygens (including phenoxy) is 2. The van der Waals surface area contributed by atoms with Crippen LogP contribution >= 0.6 is 15.9 Å². The third-order valence-corrected chi connectivity index (χ3v) is 4.65. The molecule has 0 saturated carbocycles. The minimum absolute atomic E-state index is 0.217. The van der Waals surface area contributed by atoms with Crippen LogP contribution in [0.3, 0.4) is 0 Å². The van der Waals surface area contributed by atoms with Gasteiger partial charge in [0, 0.05) is 10.0 Å². The van der Waals surface area contributed by atoms with E-state index in [1.54, 1.807) is 32.4 Å². The molecule has 0 aliphatic heterocycles. The van der Waals surface area contributed by atoms with Crippen molar-refractivity contribution in [2.24, 2.45) is 0 Å². The van der Waals surface area contributed by atoms with Gasteiger partial charge in [-0.1, -0.05) is 0 Å². The van der Waals surface area contributed by atoms with Crippen molar-refractivity contribution in [3.63, 3.8) is 0 Å². The van der Waals surface area contributed by atoms with Crippen LogP contribution in [0.5, 0.6) is 11.5 Å². The average Bonchev–Trinajstić information content (AvgIpc) is 2.72. The first kappa shape index (κ1) is 18.8. The van der Waals surface area contributed by atoms with E-state index in [0.29, 0.717) is 21.5 Å². The number of hydrogen-bond donors (Lipinski definition) is 1. The fourth-order valence-electron chi connectivity index (χ4n) is 2.49. The minimum Gasteiger partial charge on any atom is -0.497 e. The molecule has 1 N–H and O–H groups in total. The average molecular weight is 428 g/mol. The van der Waals surface area contributed by atoms with E-state index in [-0.39, 0.29) is 12.5 Å². The summed E-state index contributed by atoms with van der Waals surface area (Å²) in [5.74, 6) is 1.18. The number of carbonyl (C=O) groups is 1. The van der Waals surface area contributed by atoms with E-state index >= 15 is 0 Å². The Morgan fingerprint density at radius 3 is 2.41 bits per heavy atom. The lowest BCUT2D eigenvalue weighted by molar-refractivity contribution is 0.0949. The van der Waals surface area contributed by atoms with Gasteiger partial charge in [-0.2, -0.15) is 0 Å². The molecule has 7 heteroatoms. The van der Waals surface area contributed by atoms with Gasteiger partial charge in [-0.15, -0.1) is 0 Å². The molecule has 1 heterocycles. The highest BCUT2D eigenvalue weighted by molar-refractivity contribution is 9.10.